The first-order valence-electron chi connectivity index (χ1n) is 7.11. The lowest BCUT2D eigenvalue weighted by Gasteiger charge is -2.23. The maximum absolute atomic E-state index is 12.7. The predicted molar refractivity (Wildman–Crippen MR) is 84.3 cm³/mol. The van der Waals surface area contributed by atoms with E-state index in [2.05, 4.69) is 0 Å². The van der Waals surface area contributed by atoms with Crippen LogP contribution in [0.5, 0.6) is 0 Å². The van der Waals surface area contributed by atoms with Crippen molar-refractivity contribution in [3.05, 3.63) is 35.2 Å². The molecule has 6 heteroatoms. The highest BCUT2D eigenvalue weighted by Gasteiger charge is 2.36. The third kappa shape index (κ3) is 2.84. The maximum atomic E-state index is 12.7. The van der Waals surface area contributed by atoms with Crippen molar-refractivity contribution >= 4 is 33.3 Å². The Kier molecular flexibility index (Phi) is 4.13. The van der Waals surface area contributed by atoms with E-state index < -0.39 is 5.97 Å². The van der Waals surface area contributed by atoms with Gasteiger partial charge in [-0.2, -0.15) is 0 Å². The maximum Gasteiger partial charge on any atom is 0.305 e. The smallest absolute Gasteiger partial charge is 0.305 e. The van der Waals surface area contributed by atoms with Gasteiger partial charge in [-0.3, -0.25) is 9.59 Å². The Labute approximate surface area is 132 Å². The molecule has 1 amide bonds. The lowest BCUT2D eigenvalue weighted by molar-refractivity contribution is -0.137. The summed E-state index contributed by atoms with van der Waals surface area (Å²) >= 11 is 1.63. The number of ether oxygens (including phenoxy) is 1. The van der Waals surface area contributed by atoms with Gasteiger partial charge in [-0.25, -0.2) is 0 Å². The van der Waals surface area contributed by atoms with Crippen LogP contribution in [0.15, 0.2) is 29.6 Å². The van der Waals surface area contributed by atoms with Crippen LogP contribution in [-0.4, -0.2) is 47.7 Å². The van der Waals surface area contributed by atoms with Crippen molar-refractivity contribution in [3.8, 4) is 0 Å². The number of carbonyl (C=O) groups excluding carboxylic acids is 1. The highest BCUT2D eigenvalue weighted by atomic mass is 32.1. The molecule has 0 unspecified atom stereocenters. The van der Waals surface area contributed by atoms with E-state index in [1.807, 2.05) is 23.6 Å². The van der Waals surface area contributed by atoms with Crippen molar-refractivity contribution in [2.75, 3.05) is 13.7 Å². The number of aliphatic carboxylic acids is 1. The molecule has 1 fully saturated rings. The van der Waals surface area contributed by atoms with Gasteiger partial charge in [-0.05, 0) is 41.5 Å². The molecular formula is C16H17NO4S. The molecule has 1 N–H and O–H groups in total. The topological polar surface area (TPSA) is 66.8 Å². The number of likely N-dealkylation sites (tertiary alicyclic amines) is 1. The molecule has 1 saturated heterocycles. The molecule has 0 bridgehead atoms. The summed E-state index contributed by atoms with van der Waals surface area (Å²) in [5, 5.41) is 12.1. The van der Waals surface area contributed by atoms with E-state index >= 15 is 0 Å². The van der Waals surface area contributed by atoms with Crippen molar-refractivity contribution in [3.63, 3.8) is 0 Å². The minimum Gasteiger partial charge on any atom is -0.481 e. The number of rotatable bonds is 4. The average molecular weight is 319 g/mol. The number of hydrogen-bond donors (Lipinski definition) is 1. The van der Waals surface area contributed by atoms with Gasteiger partial charge in [0.2, 0.25) is 0 Å². The second-order valence-corrected chi connectivity index (χ2v) is 6.42. The summed E-state index contributed by atoms with van der Waals surface area (Å²) in [6.07, 6.45) is 0.416. The summed E-state index contributed by atoms with van der Waals surface area (Å²) in [4.78, 5) is 25.4. The minimum atomic E-state index is -0.896. The Morgan fingerprint density at radius 2 is 2.23 bits per heavy atom. The molecule has 2 heterocycles. The van der Waals surface area contributed by atoms with Gasteiger partial charge in [0, 0.05) is 30.0 Å². The van der Waals surface area contributed by atoms with Gasteiger partial charge >= 0.3 is 5.97 Å². The number of carboxylic acid groups (broad SMARTS) is 1. The molecule has 3 rings (SSSR count). The van der Waals surface area contributed by atoms with Crippen LogP contribution < -0.4 is 0 Å². The summed E-state index contributed by atoms with van der Waals surface area (Å²) in [5.74, 6) is -1.02. The van der Waals surface area contributed by atoms with Crippen LogP contribution in [0.4, 0.5) is 0 Å². The zero-order valence-corrected chi connectivity index (χ0v) is 13.0. The lowest BCUT2D eigenvalue weighted by atomic mass is 10.1. The van der Waals surface area contributed by atoms with E-state index in [-0.39, 0.29) is 24.5 Å². The molecule has 0 aliphatic carbocycles. The summed E-state index contributed by atoms with van der Waals surface area (Å²) in [5.41, 5.74) is 0.595. The van der Waals surface area contributed by atoms with Crippen molar-refractivity contribution in [1.29, 1.82) is 0 Å². The molecule has 22 heavy (non-hydrogen) atoms. The number of carbonyl (C=O) groups is 2. The molecule has 1 aromatic heterocycles. The van der Waals surface area contributed by atoms with Crippen molar-refractivity contribution in [2.24, 2.45) is 0 Å². The normalized spacial score (nSPS) is 21.4. The molecule has 1 aliphatic heterocycles. The van der Waals surface area contributed by atoms with Crippen LogP contribution >= 0.6 is 11.3 Å². The van der Waals surface area contributed by atoms with Gasteiger partial charge in [0.25, 0.3) is 5.91 Å². The zero-order chi connectivity index (χ0) is 15.7. The summed E-state index contributed by atoms with van der Waals surface area (Å²) < 4.78 is 6.45. The third-order valence-corrected chi connectivity index (χ3v) is 4.98. The average Bonchev–Trinajstić information content (AvgIpc) is 3.11. The second-order valence-electron chi connectivity index (χ2n) is 5.48. The fourth-order valence-corrected chi connectivity index (χ4v) is 3.72. The molecule has 2 atom stereocenters. The van der Waals surface area contributed by atoms with Gasteiger partial charge in [-0.1, -0.05) is 0 Å². The summed E-state index contributed by atoms with van der Waals surface area (Å²) in [6.45, 7) is 0.439. The van der Waals surface area contributed by atoms with E-state index in [0.717, 1.165) is 10.1 Å². The molecule has 2 aromatic rings. The molecule has 0 radical (unpaired) electrons. The van der Waals surface area contributed by atoms with Gasteiger partial charge in [0.1, 0.15) is 0 Å². The number of methoxy groups -OCH3 is 1. The molecule has 1 aromatic carbocycles. The van der Waals surface area contributed by atoms with Gasteiger partial charge in [-0.15, -0.1) is 11.3 Å². The highest BCUT2D eigenvalue weighted by Crippen LogP contribution is 2.27. The number of amides is 1. The Hall–Kier alpha value is -1.92. The predicted octanol–water partition coefficient (Wildman–Crippen LogP) is 2.61. The molecule has 1 aliphatic rings. The number of thiophene rings is 1. The first kappa shape index (κ1) is 15.0. The zero-order valence-electron chi connectivity index (χ0n) is 12.2. The van der Waals surface area contributed by atoms with Crippen molar-refractivity contribution in [1.82, 2.24) is 4.90 Å². The van der Waals surface area contributed by atoms with E-state index in [0.29, 0.717) is 18.5 Å². The lowest BCUT2D eigenvalue weighted by Crippen LogP contribution is -2.37. The molecular weight excluding hydrogens is 302 g/mol. The van der Waals surface area contributed by atoms with Crippen LogP contribution in [0.3, 0.4) is 0 Å². The summed E-state index contributed by atoms with van der Waals surface area (Å²) in [7, 11) is 1.59. The first-order chi connectivity index (χ1) is 10.6. The Balaban J connectivity index is 1.86. The third-order valence-electron chi connectivity index (χ3n) is 4.08. The van der Waals surface area contributed by atoms with Gasteiger partial charge in [0.05, 0.1) is 12.5 Å². The van der Waals surface area contributed by atoms with Crippen molar-refractivity contribution < 1.29 is 19.4 Å². The monoisotopic (exact) mass is 319 g/mol. The number of carboxylic acids is 1. The number of fused-ring (bicyclic) bond motifs is 1. The van der Waals surface area contributed by atoms with Crippen molar-refractivity contribution in [2.45, 2.75) is 25.0 Å². The van der Waals surface area contributed by atoms with E-state index in [9.17, 15) is 9.59 Å². The van der Waals surface area contributed by atoms with Crippen LogP contribution in [-0.2, 0) is 9.53 Å². The molecule has 116 valence electrons. The summed E-state index contributed by atoms with van der Waals surface area (Å²) in [6, 6.07) is 7.27. The standard InChI is InChI=1S/C16H17NO4S/c1-21-13-7-12(8-15(18)19)17(9-13)16(20)11-2-3-14-10(6-11)4-5-22-14/h2-6,12-13H,7-9H2,1H3,(H,18,19)/t12-,13+/m0/s1. The SMILES string of the molecule is CO[C@@H]1C[C@@H](CC(=O)O)N(C(=O)c2ccc3sccc3c2)C1. The number of hydrogen-bond acceptors (Lipinski definition) is 4. The fourth-order valence-electron chi connectivity index (χ4n) is 2.95. The van der Waals surface area contributed by atoms with E-state index in [4.69, 9.17) is 9.84 Å². The molecule has 0 spiro atoms. The minimum absolute atomic E-state index is 0.0493. The second kappa shape index (κ2) is 6.06. The Bertz CT molecular complexity index is 711. The van der Waals surface area contributed by atoms with E-state index in [1.54, 1.807) is 29.4 Å². The van der Waals surface area contributed by atoms with Crippen LogP contribution in [0.2, 0.25) is 0 Å². The number of nitrogens with zero attached hydrogens (tertiary/aromatic N) is 1. The number of benzene rings is 1. The quantitative estimate of drug-likeness (QED) is 0.940. The largest absolute Gasteiger partial charge is 0.481 e. The van der Waals surface area contributed by atoms with Crippen LogP contribution in [0, 0.1) is 0 Å². The van der Waals surface area contributed by atoms with E-state index in [1.165, 1.54) is 0 Å². The van der Waals surface area contributed by atoms with Gasteiger partial charge in [0.15, 0.2) is 0 Å². The van der Waals surface area contributed by atoms with Gasteiger partial charge < -0.3 is 14.7 Å². The first-order valence-corrected chi connectivity index (χ1v) is 7.99. The molecule has 5 nitrogen and oxygen atoms in total. The Morgan fingerprint density at radius 1 is 1.41 bits per heavy atom. The van der Waals surface area contributed by atoms with Crippen LogP contribution in [0.1, 0.15) is 23.2 Å². The molecule has 0 saturated carbocycles. The Morgan fingerprint density at radius 3 is 2.95 bits per heavy atom. The van der Waals surface area contributed by atoms with Crippen LogP contribution in [0.25, 0.3) is 10.1 Å². The highest BCUT2D eigenvalue weighted by molar-refractivity contribution is 7.17. The fraction of sp³-hybridized carbons (Fsp3) is 0.375.